The Morgan fingerprint density at radius 3 is 2.61 bits per heavy atom. The van der Waals surface area contributed by atoms with E-state index in [1.807, 2.05) is 24.3 Å². The average molecular weight is 563 g/mol. The molecule has 2 N–H and O–H groups in total. The maximum atomic E-state index is 13.8. The molecular weight excluding hydrogens is 538 g/mol. The van der Waals surface area contributed by atoms with E-state index >= 15 is 0 Å². The lowest BCUT2D eigenvalue weighted by molar-refractivity contribution is 0.0827. The van der Waals surface area contributed by atoms with Gasteiger partial charge in [-0.05, 0) is 42.3 Å². The molecule has 0 aliphatic heterocycles. The van der Waals surface area contributed by atoms with Crippen LogP contribution in [-0.2, 0) is 13.0 Å². The maximum Gasteiger partial charge on any atom is 0.253 e. The number of guanidine groups is 1. The number of nitrogens with zero attached hydrogens (tertiary/aromatic N) is 2. The molecule has 0 aliphatic carbocycles. The van der Waals surface area contributed by atoms with Crippen LogP contribution in [0.3, 0.4) is 0 Å². The van der Waals surface area contributed by atoms with Crippen molar-refractivity contribution < 1.29 is 9.18 Å². The van der Waals surface area contributed by atoms with E-state index in [9.17, 15) is 9.18 Å². The number of aliphatic imine (C=N–C) groups is 1. The molecule has 0 spiro atoms. The third-order valence-electron chi connectivity index (χ3n) is 3.96. The van der Waals surface area contributed by atoms with Crippen molar-refractivity contribution in [1.29, 1.82) is 0 Å². The molecule has 0 bridgehead atoms. The van der Waals surface area contributed by atoms with Crippen molar-refractivity contribution in [1.82, 2.24) is 15.5 Å². The average Bonchev–Trinajstić information content (AvgIpc) is 2.66. The molecule has 0 fully saturated rings. The molecule has 5 nitrogen and oxygen atoms in total. The van der Waals surface area contributed by atoms with Crippen LogP contribution in [-0.4, -0.2) is 44.5 Å². The number of hydrogen-bond acceptors (Lipinski definition) is 2. The molecule has 0 radical (unpaired) electrons. The standard InChI is InChI=1S/C20H24BrFN4O.HI/c1-23-20(25-13-16-12-17(21)7-8-18(16)22)24-10-9-14-5-4-6-15(11-14)19(27)26(2)3;/h4-8,11-12H,9-10,13H2,1-3H3,(H2,23,24,25);1H. The molecule has 2 rings (SSSR count). The Bertz CT molecular complexity index is 830. The normalized spacial score (nSPS) is 10.8. The fourth-order valence-corrected chi connectivity index (χ4v) is 2.93. The van der Waals surface area contributed by atoms with E-state index < -0.39 is 0 Å². The SMILES string of the molecule is CN=C(NCCc1cccc(C(=O)N(C)C)c1)NCc1cc(Br)ccc1F.I. The van der Waals surface area contributed by atoms with Crippen molar-refractivity contribution in [3.8, 4) is 0 Å². The predicted octanol–water partition coefficient (Wildman–Crippen LogP) is 3.82. The van der Waals surface area contributed by atoms with Gasteiger partial charge in [0.1, 0.15) is 5.82 Å². The lowest BCUT2D eigenvalue weighted by Gasteiger charge is -2.13. The summed E-state index contributed by atoms with van der Waals surface area (Å²) in [6.07, 6.45) is 0.737. The Morgan fingerprint density at radius 2 is 1.93 bits per heavy atom. The molecule has 0 aliphatic rings. The van der Waals surface area contributed by atoms with Crippen LogP contribution < -0.4 is 10.6 Å². The van der Waals surface area contributed by atoms with Crippen molar-refractivity contribution in [2.75, 3.05) is 27.7 Å². The fourth-order valence-electron chi connectivity index (χ4n) is 2.52. The smallest absolute Gasteiger partial charge is 0.253 e. The van der Waals surface area contributed by atoms with Crippen LogP contribution in [0.5, 0.6) is 0 Å². The molecule has 0 saturated carbocycles. The van der Waals surface area contributed by atoms with Gasteiger partial charge in [0.2, 0.25) is 0 Å². The Balaban J connectivity index is 0.00000392. The second kappa shape index (κ2) is 12.0. The zero-order valence-electron chi connectivity index (χ0n) is 16.1. The number of hydrogen-bond donors (Lipinski definition) is 2. The lowest BCUT2D eigenvalue weighted by atomic mass is 10.1. The quantitative estimate of drug-likeness (QED) is 0.320. The number of benzene rings is 2. The highest BCUT2D eigenvalue weighted by atomic mass is 127. The second-order valence-corrected chi connectivity index (χ2v) is 7.15. The molecule has 28 heavy (non-hydrogen) atoms. The van der Waals surface area contributed by atoms with E-state index in [1.165, 1.54) is 6.07 Å². The monoisotopic (exact) mass is 562 g/mol. The van der Waals surface area contributed by atoms with E-state index in [0.717, 1.165) is 16.5 Å². The van der Waals surface area contributed by atoms with Gasteiger partial charge in [-0.2, -0.15) is 0 Å². The van der Waals surface area contributed by atoms with Gasteiger partial charge in [0, 0.05) is 49.8 Å². The number of carbonyl (C=O) groups is 1. The Morgan fingerprint density at radius 1 is 1.18 bits per heavy atom. The van der Waals surface area contributed by atoms with E-state index in [2.05, 4.69) is 31.6 Å². The minimum Gasteiger partial charge on any atom is -0.356 e. The number of carbonyl (C=O) groups excluding carboxylic acids is 1. The summed E-state index contributed by atoms with van der Waals surface area (Å²) in [6, 6.07) is 12.4. The van der Waals surface area contributed by atoms with Crippen molar-refractivity contribution in [3.05, 3.63) is 69.4 Å². The minimum absolute atomic E-state index is 0. The Hall–Kier alpha value is -1.68. The molecule has 2 aromatic rings. The Labute approximate surface area is 191 Å². The molecule has 1 amide bonds. The van der Waals surface area contributed by atoms with E-state index in [4.69, 9.17) is 0 Å². The summed E-state index contributed by atoms with van der Waals surface area (Å²) in [5.74, 6) is 0.316. The van der Waals surface area contributed by atoms with Gasteiger partial charge in [0.15, 0.2) is 5.96 Å². The van der Waals surface area contributed by atoms with Gasteiger partial charge in [-0.1, -0.05) is 28.1 Å². The van der Waals surface area contributed by atoms with Crippen LogP contribution in [0.4, 0.5) is 4.39 Å². The predicted molar refractivity (Wildman–Crippen MR) is 126 cm³/mol. The molecular formula is C20H25BrFIN4O. The van der Waals surface area contributed by atoms with Crippen LogP contribution >= 0.6 is 39.9 Å². The van der Waals surface area contributed by atoms with Crippen molar-refractivity contribution in [2.45, 2.75) is 13.0 Å². The fraction of sp³-hybridized carbons (Fsp3) is 0.300. The molecule has 0 atom stereocenters. The highest BCUT2D eigenvalue weighted by Crippen LogP contribution is 2.15. The Kier molecular flexibility index (Phi) is 10.4. The van der Waals surface area contributed by atoms with E-state index in [-0.39, 0.29) is 35.7 Å². The first-order valence-electron chi connectivity index (χ1n) is 8.59. The van der Waals surface area contributed by atoms with Gasteiger partial charge in [0.05, 0.1) is 0 Å². The van der Waals surface area contributed by atoms with Gasteiger partial charge in [-0.3, -0.25) is 9.79 Å². The summed E-state index contributed by atoms with van der Waals surface area (Å²) in [7, 11) is 5.14. The molecule has 2 aromatic carbocycles. The first-order chi connectivity index (χ1) is 12.9. The van der Waals surface area contributed by atoms with Gasteiger partial charge < -0.3 is 15.5 Å². The van der Waals surface area contributed by atoms with Crippen molar-refractivity contribution in [2.24, 2.45) is 4.99 Å². The minimum atomic E-state index is -0.261. The van der Waals surface area contributed by atoms with Crippen LogP contribution in [0.1, 0.15) is 21.5 Å². The van der Waals surface area contributed by atoms with Gasteiger partial charge >= 0.3 is 0 Å². The molecule has 0 heterocycles. The highest BCUT2D eigenvalue weighted by molar-refractivity contribution is 14.0. The number of nitrogens with one attached hydrogen (secondary N) is 2. The summed E-state index contributed by atoms with van der Waals surface area (Å²) in [4.78, 5) is 17.8. The molecule has 0 aromatic heterocycles. The second-order valence-electron chi connectivity index (χ2n) is 6.24. The first-order valence-corrected chi connectivity index (χ1v) is 9.39. The van der Waals surface area contributed by atoms with Crippen LogP contribution in [0.15, 0.2) is 51.9 Å². The number of halogens is 3. The van der Waals surface area contributed by atoms with E-state index in [0.29, 0.717) is 30.2 Å². The van der Waals surface area contributed by atoms with Crippen LogP contribution in [0.2, 0.25) is 0 Å². The topological polar surface area (TPSA) is 56.7 Å². The van der Waals surface area contributed by atoms with Crippen LogP contribution in [0, 0.1) is 5.82 Å². The third kappa shape index (κ3) is 7.38. The summed E-state index contributed by atoms with van der Waals surface area (Å²) in [5, 5.41) is 6.30. The molecule has 8 heteroatoms. The highest BCUT2D eigenvalue weighted by Gasteiger charge is 2.08. The zero-order valence-corrected chi connectivity index (χ0v) is 20.0. The number of amides is 1. The number of rotatable bonds is 6. The largest absolute Gasteiger partial charge is 0.356 e. The van der Waals surface area contributed by atoms with Crippen molar-refractivity contribution in [3.63, 3.8) is 0 Å². The summed E-state index contributed by atoms with van der Waals surface area (Å²) >= 11 is 3.35. The van der Waals surface area contributed by atoms with Crippen LogP contribution in [0.25, 0.3) is 0 Å². The van der Waals surface area contributed by atoms with E-state index in [1.54, 1.807) is 38.2 Å². The molecule has 0 saturated heterocycles. The van der Waals surface area contributed by atoms with Gasteiger partial charge in [-0.15, -0.1) is 24.0 Å². The van der Waals surface area contributed by atoms with Gasteiger partial charge in [0.25, 0.3) is 5.91 Å². The summed E-state index contributed by atoms with van der Waals surface area (Å²) < 4.78 is 14.6. The maximum absolute atomic E-state index is 13.8. The van der Waals surface area contributed by atoms with Crippen molar-refractivity contribution >= 4 is 51.8 Å². The summed E-state index contributed by atoms with van der Waals surface area (Å²) in [6.45, 7) is 0.970. The zero-order chi connectivity index (χ0) is 19.8. The van der Waals surface area contributed by atoms with Gasteiger partial charge in [-0.25, -0.2) is 4.39 Å². The molecule has 0 unspecified atom stereocenters. The third-order valence-corrected chi connectivity index (χ3v) is 4.46. The molecule has 152 valence electrons. The lowest BCUT2D eigenvalue weighted by Crippen LogP contribution is -2.38. The summed E-state index contributed by atoms with van der Waals surface area (Å²) in [5.41, 5.74) is 2.29. The first kappa shape index (κ1) is 24.4.